The third-order valence-corrected chi connectivity index (χ3v) is 3.78. The minimum Gasteiger partial charge on any atom is -0.118 e. The molecule has 0 aliphatic heterocycles. The molecule has 0 amide bonds. The Labute approximate surface area is 88.1 Å². The van der Waals surface area contributed by atoms with Gasteiger partial charge in [0, 0.05) is 0 Å². The highest BCUT2D eigenvalue weighted by Crippen LogP contribution is 2.16. The predicted octanol–water partition coefficient (Wildman–Crippen LogP) is 3.14. The van der Waals surface area contributed by atoms with E-state index >= 15 is 0 Å². The van der Waals surface area contributed by atoms with Crippen LogP contribution in [-0.2, 0) is 0 Å². The molecular weight excluding hydrogens is 196 g/mol. The zero-order chi connectivity index (χ0) is 9.68. The highest BCUT2D eigenvalue weighted by Gasteiger charge is 2.06. The van der Waals surface area contributed by atoms with Crippen molar-refractivity contribution in [2.75, 3.05) is 0 Å². The molecule has 1 unspecified atom stereocenters. The molecule has 2 heteroatoms. The van der Waals surface area contributed by atoms with Gasteiger partial charge in [-0.15, -0.1) is 11.6 Å². The van der Waals surface area contributed by atoms with Crippen molar-refractivity contribution in [3.8, 4) is 0 Å². The van der Waals surface area contributed by atoms with Crippen LogP contribution in [0.5, 0.6) is 0 Å². The van der Waals surface area contributed by atoms with Gasteiger partial charge in [-0.1, -0.05) is 48.8 Å². The first-order chi connectivity index (χ1) is 6.25. The number of rotatable bonds is 4. The maximum Gasteiger partial charge on any atom is 0.0812 e. The van der Waals surface area contributed by atoms with Gasteiger partial charge in [0.2, 0.25) is 0 Å². The first-order valence-corrected chi connectivity index (χ1v) is 6.37. The van der Waals surface area contributed by atoms with E-state index in [1.54, 1.807) is 0 Å². The molecule has 0 spiro atoms. The quantitative estimate of drug-likeness (QED) is 0.529. The van der Waals surface area contributed by atoms with Crippen molar-refractivity contribution in [3.05, 3.63) is 29.8 Å². The molecule has 0 saturated carbocycles. The maximum atomic E-state index is 6.09. The van der Waals surface area contributed by atoms with E-state index < -0.39 is 0 Å². The molecule has 0 aromatic heterocycles. The van der Waals surface area contributed by atoms with Gasteiger partial charge >= 0.3 is 0 Å². The molecule has 70 valence electrons. The van der Waals surface area contributed by atoms with Crippen molar-refractivity contribution in [2.45, 2.75) is 31.7 Å². The molecule has 13 heavy (non-hydrogen) atoms. The Kier molecular flexibility index (Phi) is 4.53. The van der Waals surface area contributed by atoms with Gasteiger partial charge in [-0.05, 0) is 12.5 Å². The molecule has 0 aliphatic rings. The zero-order valence-corrected chi connectivity index (χ0v) is 9.93. The summed E-state index contributed by atoms with van der Waals surface area (Å²) >= 11 is 6.09. The summed E-state index contributed by atoms with van der Waals surface area (Å²) in [6.07, 6.45) is 1.25. The molecule has 0 aliphatic carbocycles. The SMILES string of the molecule is CCC[Si]c1ccccc1C(C)Cl. The molecule has 1 atom stereocenters. The second kappa shape index (κ2) is 5.46. The molecule has 0 N–H and O–H groups in total. The van der Waals surface area contributed by atoms with Crippen LogP contribution in [0.25, 0.3) is 0 Å². The molecule has 0 nitrogen and oxygen atoms in total. The molecule has 1 rings (SSSR count). The number of benzene rings is 1. The molecule has 2 radical (unpaired) electrons. The fraction of sp³-hybridized carbons (Fsp3) is 0.455. The molecule has 1 aromatic rings. The van der Waals surface area contributed by atoms with E-state index in [-0.39, 0.29) is 5.38 Å². The van der Waals surface area contributed by atoms with Crippen LogP contribution >= 0.6 is 11.6 Å². The lowest BCUT2D eigenvalue weighted by Crippen LogP contribution is -2.18. The average Bonchev–Trinajstić information content (AvgIpc) is 2.15. The third-order valence-electron chi connectivity index (χ3n) is 1.95. The van der Waals surface area contributed by atoms with E-state index in [2.05, 4.69) is 31.2 Å². The molecule has 0 heterocycles. The Morgan fingerprint density at radius 1 is 1.38 bits per heavy atom. The summed E-state index contributed by atoms with van der Waals surface area (Å²) in [7, 11) is 0.912. The van der Waals surface area contributed by atoms with Gasteiger partial charge in [-0.2, -0.15) is 0 Å². The smallest absolute Gasteiger partial charge is 0.0812 e. The number of hydrogen-bond acceptors (Lipinski definition) is 0. The summed E-state index contributed by atoms with van der Waals surface area (Å²) in [5.74, 6) is 0. The number of halogens is 1. The molecule has 0 fully saturated rings. The summed E-state index contributed by atoms with van der Waals surface area (Å²) in [5.41, 5.74) is 1.30. The lowest BCUT2D eigenvalue weighted by Gasteiger charge is -2.09. The van der Waals surface area contributed by atoms with E-state index in [1.165, 1.54) is 23.2 Å². The standard InChI is InChI=1S/C11H15ClSi/c1-3-8-13-11-7-5-4-6-10(11)9(2)12/h4-7,9H,3,8H2,1-2H3. The zero-order valence-electron chi connectivity index (χ0n) is 8.18. The highest BCUT2D eigenvalue weighted by atomic mass is 35.5. The normalized spacial score (nSPS) is 12.8. The Morgan fingerprint density at radius 2 is 2.08 bits per heavy atom. The maximum absolute atomic E-state index is 6.09. The first-order valence-electron chi connectivity index (χ1n) is 4.72. The van der Waals surface area contributed by atoms with Crippen LogP contribution in [0.1, 0.15) is 31.2 Å². The Hall–Kier alpha value is -0.273. The fourth-order valence-corrected chi connectivity index (χ4v) is 2.78. The summed E-state index contributed by atoms with van der Waals surface area (Å²) in [6.45, 7) is 4.26. The Balaban J connectivity index is 2.78. The van der Waals surface area contributed by atoms with Crippen molar-refractivity contribution in [1.82, 2.24) is 0 Å². The Morgan fingerprint density at radius 3 is 2.69 bits per heavy atom. The largest absolute Gasteiger partial charge is 0.118 e. The summed E-state index contributed by atoms with van der Waals surface area (Å²) in [5, 5.41) is 1.58. The van der Waals surface area contributed by atoms with Crippen LogP contribution in [0.15, 0.2) is 24.3 Å². The van der Waals surface area contributed by atoms with E-state index in [0.717, 1.165) is 9.52 Å². The second-order valence-corrected chi connectivity index (χ2v) is 5.18. The van der Waals surface area contributed by atoms with Gasteiger partial charge in [-0.3, -0.25) is 0 Å². The molecule has 1 aromatic carbocycles. The molecule has 0 bridgehead atoms. The van der Waals surface area contributed by atoms with Crippen molar-refractivity contribution in [1.29, 1.82) is 0 Å². The monoisotopic (exact) mass is 210 g/mol. The second-order valence-electron chi connectivity index (χ2n) is 3.13. The van der Waals surface area contributed by atoms with Crippen molar-refractivity contribution in [3.63, 3.8) is 0 Å². The summed E-state index contributed by atoms with van der Waals surface area (Å²) in [4.78, 5) is 0. The fourth-order valence-electron chi connectivity index (χ4n) is 1.26. The van der Waals surface area contributed by atoms with E-state index in [9.17, 15) is 0 Å². The van der Waals surface area contributed by atoms with Crippen LogP contribution < -0.4 is 5.19 Å². The number of alkyl halides is 1. The summed E-state index contributed by atoms with van der Waals surface area (Å²) in [6, 6.07) is 9.77. The van der Waals surface area contributed by atoms with Crippen LogP contribution in [0.4, 0.5) is 0 Å². The van der Waals surface area contributed by atoms with Crippen LogP contribution in [0, 0.1) is 0 Å². The summed E-state index contributed by atoms with van der Waals surface area (Å²) < 4.78 is 0. The van der Waals surface area contributed by atoms with Gasteiger partial charge in [0.05, 0.1) is 14.9 Å². The first kappa shape index (κ1) is 10.8. The van der Waals surface area contributed by atoms with Gasteiger partial charge in [0.15, 0.2) is 0 Å². The van der Waals surface area contributed by atoms with Crippen LogP contribution in [-0.4, -0.2) is 9.52 Å². The lowest BCUT2D eigenvalue weighted by molar-refractivity contribution is 1.07. The topological polar surface area (TPSA) is 0 Å². The van der Waals surface area contributed by atoms with Crippen LogP contribution in [0.2, 0.25) is 6.04 Å². The predicted molar refractivity (Wildman–Crippen MR) is 61.2 cm³/mol. The minimum atomic E-state index is 0.139. The van der Waals surface area contributed by atoms with Crippen molar-refractivity contribution >= 4 is 26.3 Å². The van der Waals surface area contributed by atoms with Crippen molar-refractivity contribution < 1.29 is 0 Å². The Bertz CT molecular complexity index is 258. The number of hydrogen-bond donors (Lipinski definition) is 0. The van der Waals surface area contributed by atoms with E-state index in [0.29, 0.717) is 0 Å². The highest BCUT2D eigenvalue weighted by molar-refractivity contribution is 6.54. The average molecular weight is 211 g/mol. The minimum absolute atomic E-state index is 0.139. The molecule has 0 saturated heterocycles. The van der Waals surface area contributed by atoms with E-state index in [4.69, 9.17) is 11.6 Å². The van der Waals surface area contributed by atoms with Crippen molar-refractivity contribution in [2.24, 2.45) is 0 Å². The van der Waals surface area contributed by atoms with E-state index in [1.807, 2.05) is 6.92 Å². The van der Waals surface area contributed by atoms with Gasteiger partial charge in [0.1, 0.15) is 0 Å². The van der Waals surface area contributed by atoms with Crippen LogP contribution in [0.3, 0.4) is 0 Å². The molecular formula is C11H15ClSi. The van der Waals surface area contributed by atoms with Gasteiger partial charge in [0.25, 0.3) is 0 Å². The van der Waals surface area contributed by atoms with Gasteiger partial charge < -0.3 is 0 Å². The van der Waals surface area contributed by atoms with Gasteiger partial charge in [-0.25, -0.2) is 0 Å². The lowest BCUT2D eigenvalue weighted by atomic mass is 10.2. The third kappa shape index (κ3) is 3.16.